The van der Waals surface area contributed by atoms with Gasteiger partial charge in [-0.15, -0.1) is 0 Å². The minimum Gasteiger partial charge on any atom is -0.287 e. The number of aromatic nitrogens is 3. The van der Waals surface area contributed by atoms with E-state index in [0.29, 0.717) is 5.65 Å². The Hall–Kier alpha value is -1.23. The van der Waals surface area contributed by atoms with Gasteiger partial charge >= 0.3 is 5.38 Å². The van der Waals surface area contributed by atoms with Crippen molar-refractivity contribution in [2.45, 2.75) is 32.1 Å². The molecular weight excluding hydrogens is 248 g/mol. The predicted octanol–water partition coefficient (Wildman–Crippen LogP) is 3.45. The molecule has 2 rings (SSSR count). The first-order valence-electron chi connectivity index (χ1n) is 5.22. The molecule has 2 aromatic heterocycles. The maximum absolute atomic E-state index is 12.9. The Balaban J connectivity index is 2.66. The summed E-state index contributed by atoms with van der Waals surface area (Å²) in [6.45, 7) is 5.88. The van der Waals surface area contributed by atoms with E-state index >= 15 is 0 Å². The Bertz CT molecular complexity index is 558. The monoisotopic (exact) mass is 259 g/mol. The first kappa shape index (κ1) is 12.2. The number of hydrogen-bond acceptors (Lipinski definition) is 2. The van der Waals surface area contributed by atoms with Gasteiger partial charge in [-0.2, -0.15) is 8.78 Å². The number of alkyl halides is 3. The molecule has 0 unspecified atom stereocenters. The van der Waals surface area contributed by atoms with Gasteiger partial charge in [0, 0.05) is 11.8 Å². The lowest BCUT2D eigenvalue weighted by Gasteiger charge is -2.09. The standard InChI is InChI=1S/C11H12ClF2N3/c1-6(2)10-7(3)16-9-4-8(11(12,13)14)15-5-17(9)10/h4-6H,1-3H3. The summed E-state index contributed by atoms with van der Waals surface area (Å²) in [6, 6.07) is 1.21. The van der Waals surface area contributed by atoms with Crippen molar-refractivity contribution in [3.63, 3.8) is 0 Å². The van der Waals surface area contributed by atoms with Crippen molar-refractivity contribution in [3.05, 3.63) is 29.5 Å². The van der Waals surface area contributed by atoms with Crippen LogP contribution in [0.1, 0.15) is 36.8 Å². The van der Waals surface area contributed by atoms with E-state index in [2.05, 4.69) is 9.97 Å². The topological polar surface area (TPSA) is 30.2 Å². The van der Waals surface area contributed by atoms with Gasteiger partial charge in [-0.25, -0.2) is 9.97 Å². The molecule has 0 bridgehead atoms. The Morgan fingerprint density at radius 3 is 2.59 bits per heavy atom. The van der Waals surface area contributed by atoms with Crippen molar-refractivity contribution in [2.24, 2.45) is 0 Å². The van der Waals surface area contributed by atoms with Crippen LogP contribution in [0.5, 0.6) is 0 Å². The molecule has 2 aromatic rings. The second kappa shape index (κ2) is 3.91. The smallest absolute Gasteiger partial charge is 0.287 e. The molecule has 0 aliphatic rings. The lowest BCUT2D eigenvalue weighted by atomic mass is 10.1. The van der Waals surface area contributed by atoms with Crippen molar-refractivity contribution in [3.8, 4) is 0 Å². The zero-order valence-corrected chi connectivity index (χ0v) is 10.5. The normalized spacial score (nSPS) is 12.6. The summed E-state index contributed by atoms with van der Waals surface area (Å²) in [6.07, 6.45) is 1.34. The van der Waals surface area contributed by atoms with Crippen LogP contribution >= 0.6 is 11.6 Å². The third-order valence-corrected chi connectivity index (χ3v) is 2.77. The summed E-state index contributed by atoms with van der Waals surface area (Å²) in [5, 5.41) is -3.46. The minimum atomic E-state index is -3.46. The van der Waals surface area contributed by atoms with Crippen LogP contribution in [0, 0.1) is 6.92 Å². The minimum absolute atomic E-state index is 0.245. The molecule has 0 saturated carbocycles. The highest BCUT2D eigenvalue weighted by molar-refractivity contribution is 6.21. The lowest BCUT2D eigenvalue weighted by Crippen LogP contribution is -2.08. The van der Waals surface area contributed by atoms with E-state index < -0.39 is 11.1 Å². The molecule has 0 aliphatic carbocycles. The van der Waals surface area contributed by atoms with Gasteiger partial charge in [0.25, 0.3) is 0 Å². The van der Waals surface area contributed by atoms with Crippen LogP contribution in [0.3, 0.4) is 0 Å². The van der Waals surface area contributed by atoms with Gasteiger partial charge in [0.15, 0.2) is 0 Å². The maximum atomic E-state index is 12.9. The van der Waals surface area contributed by atoms with Crippen molar-refractivity contribution in [2.75, 3.05) is 0 Å². The van der Waals surface area contributed by atoms with Crippen LogP contribution < -0.4 is 0 Å². The van der Waals surface area contributed by atoms with Gasteiger partial charge in [0.2, 0.25) is 0 Å². The summed E-state index contributed by atoms with van der Waals surface area (Å²) in [5.74, 6) is 0.245. The van der Waals surface area contributed by atoms with Crippen molar-refractivity contribution in [1.82, 2.24) is 14.4 Å². The van der Waals surface area contributed by atoms with E-state index in [1.165, 1.54) is 12.4 Å². The van der Waals surface area contributed by atoms with Crippen LogP contribution in [0.4, 0.5) is 8.78 Å². The lowest BCUT2D eigenvalue weighted by molar-refractivity contribution is 0.0899. The zero-order valence-electron chi connectivity index (χ0n) is 9.71. The van der Waals surface area contributed by atoms with Crippen LogP contribution in [0.15, 0.2) is 12.4 Å². The SMILES string of the molecule is Cc1nc2cc(C(F)(F)Cl)ncn2c1C(C)C. The Kier molecular flexibility index (Phi) is 2.81. The fourth-order valence-electron chi connectivity index (χ4n) is 1.93. The molecule has 0 aromatic carbocycles. The summed E-state index contributed by atoms with van der Waals surface area (Å²) in [5.41, 5.74) is 1.75. The molecule has 2 heterocycles. The second-order valence-corrected chi connectivity index (χ2v) is 4.71. The third-order valence-electron chi connectivity index (χ3n) is 2.57. The molecule has 6 heteroatoms. The highest BCUT2D eigenvalue weighted by atomic mass is 35.5. The van der Waals surface area contributed by atoms with Crippen LogP contribution in [0.25, 0.3) is 5.65 Å². The highest BCUT2D eigenvalue weighted by Crippen LogP contribution is 2.31. The molecule has 0 spiro atoms. The van der Waals surface area contributed by atoms with Crippen molar-refractivity contribution < 1.29 is 8.78 Å². The van der Waals surface area contributed by atoms with Crippen LogP contribution in [-0.4, -0.2) is 14.4 Å². The Morgan fingerprint density at radius 1 is 1.41 bits per heavy atom. The van der Waals surface area contributed by atoms with Gasteiger partial charge in [-0.3, -0.25) is 4.40 Å². The first-order valence-corrected chi connectivity index (χ1v) is 5.60. The number of aryl methyl sites for hydroxylation is 1. The molecule has 0 amide bonds. The molecule has 0 saturated heterocycles. The number of rotatable bonds is 2. The van der Waals surface area contributed by atoms with E-state index in [0.717, 1.165) is 11.4 Å². The zero-order chi connectivity index (χ0) is 12.8. The van der Waals surface area contributed by atoms with E-state index in [1.54, 1.807) is 4.40 Å². The largest absolute Gasteiger partial charge is 0.364 e. The number of fused-ring (bicyclic) bond motifs is 1. The van der Waals surface area contributed by atoms with Gasteiger partial charge < -0.3 is 0 Å². The predicted molar refractivity (Wildman–Crippen MR) is 61.6 cm³/mol. The molecule has 0 radical (unpaired) electrons. The third kappa shape index (κ3) is 2.11. The van der Waals surface area contributed by atoms with Crippen molar-refractivity contribution >= 4 is 17.2 Å². The average Bonchev–Trinajstić information content (AvgIpc) is 2.50. The molecular formula is C11H12ClF2N3. The maximum Gasteiger partial charge on any atom is 0.364 e. The van der Waals surface area contributed by atoms with Gasteiger partial charge in [0.05, 0.1) is 5.69 Å². The second-order valence-electron chi connectivity index (χ2n) is 4.24. The van der Waals surface area contributed by atoms with Crippen LogP contribution in [-0.2, 0) is 5.38 Å². The number of halogens is 3. The van der Waals surface area contributed by atoms with E-state index in [-0.39, 0.29) is 5.92 Å². The molecule has 0 atom stereocenters. The molecule has 0 N–H and O–H groups in total. The van der Waals surface area contributed by atoms with Gasteiger partial charge in [0.1, 0.15) is 17.7 Å². The van der Waals surface area contributed by atoms with Crippen molar-refractivity contribution in [1.29, 1.82) is 0 Å². The number of hydrogen-bond donors (Lipinski definition) is 0. The summed E-state index contributed by atoms with van der Waals surface area (Å²) >= 11 is 4.94. The summed E-state index contributed by atoms with van der Waals surface area (Å²) in [4.78, 5) is 7.92. The fourth-order valence-corrected chi connectivity index (χ4v) is 2.04. The quantitative estimate of drug-likeness (QED) is 0.774. The van der Waals surface area contributed by atoms with E-state index in [9.17, 15) is 8.78 Å². The summed E-state index contributed by atoms with van der Waals surface area (Å²) in [7, 11) is 0. The number of imidazole rings is 1. The molecule has 0 fully saturated rings. The Labute approximate surface area is 102 Å². The summed E-state index contributed by atoms with van der Waals surface area (Å²) < 4.78 is 27.5. The highest BCUT2D eigenvalue weighted by Gasteiger charge is 2.30. The molecule has 3 nitrogen and oxygen atoms in total. The molecule has 92 valence electrons. The van der Waals surface area contributed by atoms with Crippen LogP contribution in [0.2, 0.25) is 0 Å². The fraction of sp³-hybridized carbons (Fsp3) is 0.455. The molecule has 17 heavy (non-hydrogen) atoms. The Morgan fingerprint density at radius 2 is 2.06 bits per heavy atom. The molecule has 0 aliphatic heterocycles. The van der Waals surface area contributed by atoms with E-state index in [1.807, 2.05) is 20.8 Å². The number of nitrogens with zero attached hydrogens (tertiary/aromatic N) is 3. The van der Waals surface area contributed by atoms with Gasteiger partial charge in [-0.1, -0.05) is 13.8 Å². The van der Waals surface area contributed by atoms with E-state index in [4.69, 9.17) is 11.6 Å². The van der Waals surface area contributed by atoms with Gasteiger partial charge in [-0.05, 0) is 24.4 Å². The first-order chi connectivity index (χ1) is 7.80. The average molecular weight is 260 g/mol.